The van der Waals surface area contributed by atoms with Crippen molar-refractivity contribution in [3.05, 3.63) is 63.6 Å². The first-order chi connectivity index (χ1) is 10.9. The molecule has 0 saturated heterocycles. The lowest BCUT2D eigenvalue weighted by Crippen LogP contribution is -2.29. The molecule has 0 fully saturated rings. The molecule has 0 aliphatic heterocycles. The minimum absolute atomic E-state index is 0.283. The van der Waals surface area contributed by atoms with Crippen LogP contribution in [-0.4, -0.2) is 23.5 Å². The molecule has 0 atom stereocenters. The highest BCUT2D eigenvalue weighted by molar-refractivity contribution is 6.34. The molecular formula is C16H13Cl2NO4. The maximum absolute atomic E-state index is 11.7. The van der Waals surface area contributed by atoms with Gasteiger partial charge in [-0.2, -0.15) is 0 Å². The highest BCUT2D eigenvalue weighted by Crippen LogP contribution is 2.21. The van der Waals surface area contributed by atoms with Gasteiger partial charge in [-0.3, -0.25) is 9.59 Å². The average Bonchev–Trinajstić information content (AvgIpc) is 2.50. The Morgan fingerprint density at radius 2 is 1.65 bits per heavy atom. The molecule has 1 amide bonds. The summed E-state index contributed by atoms with van der Waals surface area (Å²) in [6.07, 6.45) is 0. The molecule has 0 heterocycles. The fourth-order valence-electron chi connectivity index (χ4n) is 1.82. The minimum Gasteiger partial charge on any atom is -0.489 e. The summed E-state index contributed by atoms with van der Waals surface area (Å²) in [7, 11) is 0. The minimum atomic E-state index is -1.10. The molecule has 23 heavy (non-hydrogen) atoms. The molecule has 120 valence electrons. The fourth-order valence-corrected chi connectivity index (χ4v) is 2.39. The third-order valence-corrected chi connectivity index (χ3v) is 3.28. The van der Waals surface area contributed by atoms with Gasteiger partial charge in [0.25, 0.3) is 5.91 Å². The van der Waals surface area contributed by atoms with Crippen LogP contribution in [-0.2, 0) is 11.4 Å². The molecule has 0 bridgehead atoms. The first kappa shape index (κ1) is 17.1. The molecule has 2 N–H and O–H groups in total. The smallest absolute Gasteiger partial charge is 0.322 e. The third kappa shape index (κ3) is 5.47. The second-order valence-electron chi connectivity index (χ2n) is 4.67. The Hall–Kier alpha value is -2.24. The number of benzene rings is 2. The van der Waals surface area contributed by atoms with Gasteiger partial charge in [0, 0.05) is 15.6 Å². The highest BCUT2D eigenvalue weighted by atomic mass is 35.5. The van der Waals surface area contributed by atoms with Crippen molar-refractivity contribution in [1.82, 2.24) is 5.32 Å². The van der Waals surface area contributed by atoms with E-state index in [1.54, 1.807) is 42.5 Å². The summed E-state index contributed by atoms with van der Waals surface area (Å²) in [5.74, 6) is -0.991. The Labute approximate surface area is 142 Å². The van der Waals surface area contributed by atoms with E-state index in [0.717, 1.165) is 5.56 Å². The lowest BCUT2D eigenvalue weighted by Gasteiger charge is -2.08. The van der Waals surface area contributed by atoms with Gasteiger partial charge >= 0.3 is 5.97 Å². The number of amides is 1. The summed E-state index contributed by atoms with van der Waals surface area (Å²) in [6, 6.07) is 11.5. The Bertz CT molecular complexity index is 696. The molecule has 2 aromatic carbocycles. The number of rotatable bonds is 6. The van der Waals surface area contributed by atoms with Crippen LogP contribution in [0.1, 0.15) is 15.9 Å². The lowest BCUT2D eigenvalue weighted by atomic mass is 10.2. The van der Waals surface area contributed by atoms with Crippen LogP contribution in [0.25, 0.3) is 0 Å². The maximum Gasteiger partial charge on any atom is 0.322 e. The molecule has 2 aromatic rings. The lowest BCUT2D eigenvalue weighted by molar-refractivity contribution is -0.135. The van der Waals surface area contributed by atoms with Gasteiger partial charge in [0.05, 0.1) is 0 Å². The topological polar surface area (TPSA) is 75.6 Å². The number of nitrogens with one attached hydrogen (secondary N) is 1. The van der Waals surface area contributed by atoms with Gasteiger partial charge in [0.1, 0.15) is 18.9 Å². The number of halogens is 2. The zero-order valence-corrected chi connectivity index (χ0v) is 13.4. The summed E-state index contributed by atoms with van der Waals surface area (Å²) >= 11 is 11.8. The summed E-state index contributed by atoms with van der Waals surface area (Å²) < 4.78 is 5.59. The normalized spacial score (nSPS) is 10.2. The zero-order valence-electron chi connectivity index (χ0n) is 11.9. The van der Waals surface area contributed by atoms with Crippen LogP contribution in [0.2, 0.25) is 10.0 Å². The van der Waals surface area contributed by atoms with Crippen molar-refractivity contribution in [1.29, 1.82) is 0 Å². The van der Waals surface area contributed by atoms with Gasteiger partial charge in [-0.15, -0.1) is 0 Å². The Morgan fingerprint density at radius 3 is 2.22 bits per heavy atom. The van der Waals surface area contributed by atoms with Crippen LogP contribution in [0.15, 0.2) is 42.5 Å². The van der Waals surface area contributed by atoms with E-state index in [1.807, 2.05) is 0 Å². The van der Waals surface area contributed by atoms with Gasteiger partial charge in [-0.25, -0.2) is 0 Å². The quantitative estimate of drug-likeness (QED) is 0.834. The van der Waals surface area contributed by atoms with Gasteiger partial charge in [-0.1, -0.05) is 23.2 Å². The van der Waals surface area contributed by atoms with E-state index in [2.05, 4.69) is 5.32 Å². The second kappa shape index (κ2) is 7.85. The van der Waals surface area contributed by atoms with Gasteiger partial charge in [-0.05, 0) is 48.0 Å². The Balaban J connectivity index is 1.94. The first-order valence-electron chi connectivity index (χ1n) is 6.62. The number of carbonyl (C=O) groups is 2. The third-order valence-electron chi connectivity index (χ3n) is 2.84. The summed E-state index contributed by atoms with van der Waals surface area (Å²) in [6.45, 7) is -0.141. The van der Waals surface area contributed by atoms with Gasteiger partial charge < -0.3 is 15.2 Å². The monoisotopic (exact) mass is 353 g/mol. The van der Waals surface area contributed by atoms with E-state index in [4.69, 9.17) is 33.0 Å². The van der Waals surface area contributed by atoms with Crippen molar-refractivity contribution < 1.29 is 19.4 Å². The molecule has 2 rings (SSSR count). The molecule has 0 radical (unpaired) electrons. The van der Waals surface area contributed by atoms with Crippen LogP contribution >= 0.6 is 23.2 Å². The number of carboxylic acid groups (broad SMARTS) is 1. The van der Waals surface area contributed by atoms with E-state index < -0.39 is 18.4 Å². The molecule has 0 aliphatic carbocycles. The number of aliphatic carboxylic acids is 1. The standard InChI is InChI=1S/C16H13Cl2NO4/c17-12-5-10(6-13(18)7-12)9-23-14-3-1-11(2-4-14)16(22)19-8-15(20)21/h1-7H,8-9H2,(H,19,22)(H,20,21). The van der Waals surface area contributed by atoms with Gasteiger partial charge in [0.2, 0.25) is 0 Å². The Morgan fingerprint density at radius 1 is 1.04 bits per heavy atom. The number of hydrogen-bond donors (Lipinski definition) is 2. The molecule has 7 heteroatoms. The maximum atomic E-state index is 11.7. The van der Waals surface area contributed by atoms with Crippen molar-refractivity contribution in [3.63, 3.8) is 0 Å². The van der Waals surface area contributed by atoms with Crippen molar-refractivity contribution >= 4 is 35.1 Å². The summed E-state index contributed by atoms with van der Waals surface area (Å²) in [5, 5.41) is 11.9. The van der Waals surface area contributed by atoms with E-state index in [0.29, 0.717) is 21.4 Å². The van der Waals surface area contributed by atoms with Crippen LogP contribution in [0.5, 0.6) is 5.75 Å². The predicted molar refractivity (Wildman–Crippen MR) is 87.2 cm³/mol. The summed E-state index contributed by atoms with van der Waals surface area (Å²) in [5.41, 5.74) is 1.18. The molecule has 0 aliphatic rings. The molecular weight excluding hydrogens is 341 g/mol. The number of ether oxygens (including phenoxy) is 1. The van der Waals surface area contributed by atoms with Crippen molar-refractivity contribution in [2.45, 2.75) is 6.61 Å². The Kier molecular flexibility index (Phi) is 5.84. The van der Waals surface area contributed by atoms with Crippen LogP contribution in [0.3, 0.4) is 0 Å². The van der Waals surface area contributed by atoms with Crippen LogP contribution in [0, 0.1) is 0 Å². The zero-order chi connectivity index (χ0) is 16.8. The molecule has 0 unspecified atom stereocenters. The van der Waals surface area contributed by atoms with Crippen LogP contribution < -0.4 is 10.1 Å². The fraction of sp³-hybridized carbons (Fsp3) is 0.125. The number of carbonyl (C=O) groups excluding carboxylic acids is 1. The SMILES string of the molecule is O=C(O)CNC(=O)c1ccc(OCc2cc(Cl)cc(Cl)c2)cc1. The number of carboxylic acids is 1. The number of hydrogen-bond acceptors (Lipinski definition) is 3. The molecule has 0 spiro atoms. The summed E-state index contributed by atoms with van der Waals surface area (Å²) in [4.78, 5) is 22.1. The van der Waals surface area contributed by atoms with Crippen molar-refractivity contribution in [2.75, 3.05) is 6.54 Å². The predicted octanol–water partition coefficient (Wildman–Crippen LogP) is 3.39. The largest absolute Gasteiger partial charge is 0.489 e. The second-order valence-corrected chi connectivity index (χ2v) is 5.54. The van der Waals surface area contributed by atoms with Crippen LogP contribution in [0.4, 0.5) is 0 Å². The van der Waals surface area contributed by atoms with E-state index in [9.17, 15) is 9.59 Å². The van der Waals surface area contributed by atoms with Crippen molar-refractivity contribution in [2.24, 2.45) is 0 Å². The van der Waals surface area contributed by atoms with E-state index in [1.165, 1.54) is 0 Å². The molecule has 0 saturated carbocycles. The van der Waals surface area contributed by atoms with Gasteiger partial charge in [0.15, 0.2) is 0 Å². The highest BCUT2D eigenvalue weighted by Gasteiger charge is 2.07. The first-order valence-corrected chi connectivity index (χ1v) is 7.37. The van der Waals surface area contributed by atoms with E-state index in [-0.39, 0.29) is 6.61 Å². The molecule has 0 aromatic heterocycles. The molecule has 5 nitrogen and oxygen atoms in total. The average molecular weight is 354 g/mol. The van der Waals surface area contributed by atoms with Crippen molar-refractivity contribution in [3.8, 4) is 5.75 Å². The van der Waals surface area contributed by atoms with E-state index >= 15 is 0 Å².